The third kappa shape index (κ3) is 3.71. The molecule has 0 bridgehead atoms. The van der Waals surface area contributed by atoms with Gasteiger partial charge >= 0.3 is 0 Å². The lowest BCUT2D eigenvalue weighted by Crippen LogP contribution is -2.18. The van der Waals surface area contributed by atoms with Crippen LogP contribution in [0.25, 0.3) is 11.4 Å². The van der Waals surface area contributed by atoms with E-state index in [4.69, 9.17) is 16.3 Å². The second-order valence-electron chi connectivity index (χ2n) is 6.58. The zero-order valence-electron chi connectivity index (χ0n) is 14.6. The first-order valence-corrected chi connectivity index (χ1v) is 9.08. The van der Waals surface area contributed by atoms with Gasteiger partial charge in [-0.25, -0.2) is 9.97 Å². The molecule has 132 valence electrons. The van der Waals surface area contributed by atoms with Gasteiger partial charge in [0, 0.05) is 42.5 Å². The number of benzene rings is 2. The molecule has 1 aliphatic heterocycles. The van der Waals surface area contributed by atoms with Crippen molar-refractivity contribution in [1.82, 2.24) is 14.9 Å². The van der Waals surface area contributed by atoms with Crippen molar-refractivity contribution < 1.29 is 4.74 Å². The highest BCUT2D eigenvalue weighted by atomic mass is 35.5. The number of hydrogen-bond acceptors (Lipinski definition) is 4. The van der Waals surface area contributed by atoms with Crippen LogP contribution in [0.2, 0.25) is 5.02 Å². The fourth-order valence-electron chi connectivity index (χ4n) is 3.33. The monoisotopic (exact) mass is 365 g/mol. The highest BCUT2D eigenvalue weighted by molar-refractivity contribution is 6.30. The average Bonchev–Trinajstić information content (AvgIpc) is 2.81. The molecular weight excluding hydrogens is 346 g/mol. The van der Waals surface area contributed by atoms with Crippen LogP contribution in [-0.4, -0.2) is 28.5 Å². The van der Waals surface area contributed by atoms with Crippen LogP contribution >= 0.6 is 11.6 Å². The summed E-state index contributed by atoms with van der Waals surface area (Å²) in [4.78, 5) is 11.0. The van der Waals surface area contributed by atoms with Gasteiger partial charge < -0.3 is 9.64 Å². The third-order valence-corrected chi connectivity index (χ3v) is 4.84. The standard InChI is InChI=1S/C21H20ClN3O/c1-25-11-8-20(26-18-5-2-4-17(22)13-18)19-7-6-15(12-16(19)14-25)21-23-9-3-10-24-21/h2-7,9-10,12-13,20H,8,11,14H2,1H3. The van der Waals surface area contributed by atoms with Crippen molar-refractivity contribution in [3.63, 3.8) is 0 Å². The summed E-state index contributed by atoms with van der Waals surface area (Å²) in [5, 5.41) is 0.685. The molecular formula is C21H20ClN3O. The molecule has 0 spiro atoms. The Balaban J connectivity index is 1.69. The van der Waals surface area contributed by atoms with E-state index in [1.165, 1.54) is 11.1 Å². The maximum atomic E-state index is 6.29. The quantitative estimate of drug-likeness (QED) is 0.671. The number of ether oxygens (including phenoxy) is 1. The van der Waals surface area contributed by atoms with Gasteiger partial charge in [0.1, 0.15) is 11.9 Å². The number of halogens is 1. The summed E-state index contributed by atoms with van der Waals surface area (Å²) in [6.07, 6.45) is 4.47. The molecule has 0 N–H and O–H groups in total. The topological polar surface area (TPSA) is 38.2 Å². The summed E-state index contributed by atoms with van der Waals surface area (Å²) in [5.74, 6) is 1.54. The van der Waals surface area contributed by atoms with Crippen LogP contribution in [0.1, 0.15) is 23.7 Å². The average molecular weight is 366 g/mol. The van der Waals surface area contributed by atoms with Gasteiger partial charge in [-0.05, 0) is 48.5 Å². The highest BCUT2D eigenvalue weighted by Crippen LogP contribution is 2.33. The molecule has 4 nitrogen and oxygen atoms in total. The summed E-state index contributed by atoms with van der Waals surface area (Å²) in [7, 11) is 2.14. The van der Waals surface area contributed by atoms with E-state index >= 15 is 0 Å². The lowest BCUT2D eigenvalue weighted by molar-refractivity contribution is 0.182. The first-order valence-electron chi connectivity index (χ1n) is 8.70. The van der Waals surface area contributed by atoms with Crippen LogP contribution in [0.4, 0.5) is 0 Å². The van der Waals surface area contributed by atoms with Gasteiger partial charge in [-0.1, -0.05) is 29.8 Å². The maximum Gasteiger partial charge on any atom is 0.159 e. The molecule has 3 aromatic rings. The van der Waals surface area contributed by atoms with E-state index in [1.54, 1.807) is 12.4 Å². The summed E-state index contributed by atoms with van der Waals surface area (Å²) < 4.78 is 6.29. The largest absolute Gasteiger partial charge is 0.486 e. The highest BCUT2D eigenvalue weighted by Gasteiger charge is 2.23. The Morgan fingerprint density at radius 1 is 1.08 bits per heavy atom. The molecule has 0 aliphatic carbocycles. The minimum atomic E-state index is -0.000779. The van der Waals surface area contributed by atoms with Crippen molar-refractivity contribution in [2.45, 2.75) is 19.1 Å². The summed E-state index contributed by atoms with van der Waals surface area (Å²) in [6, 6.07) is 15.8. The molecule has 1 atom stereocenters. The zero-order chi connectivity index (χ0) is 17.9. The van der Waals surface area contributed by atoms with Crippen LogP contribution in [0.15, 0.2) is 60.9 Å². The molecule has 0 amide bonds. The fourth-order valence-corrected chi connectivity index (χ4v) is 3.51. The van der Waals surface area contributed by atoms with Crippen LogP contribution in [0.3, 0.4) is 0 Å². The molecule has 2 heterocycles. The molecule has 26 heavy (non-hydrogen) atoms. The van der Waals surface area contributed by atoms with Crippen molar-refractivity contribution >= 4 is 11.6 Å². The molecule has 0 radical (unpaired) electrons. The fraction of sp³-hybridized carbons (Fsp3) is 0.238. The van der Waals surface area contributed by atoms with Crippen LogP contribution in [0, 0.1) is 0 Å². The zero-order valence-corrected chi connectivity index (χ0v) is 15.4. The van der Waals surface area contributed by atoms with E-state index in [9.17, 15) is 0 Å². The molecule has 0 saturated carbocycles. The van der Waals surface area contributed by atoms with E-state index in [2.05, 4.69) is 40.1 Å². The smallest absolute Gasteiger partial charge is 0.159 e. The van der Waals surface area contributed by atoms with E-state index in [0.29, 0.717) is 5.02 Å². The van der Waals surface area contributed by atoms with Crippen molar-refractivity contribution in [2.75, 3.05) is 13.6 Å². The van der Waals surface area contributed by atoms with E-state index in [1.807, 2.05) is 30.3 Å². The van der Waals surface area contributed by atoms with Crippen molar-refractivity contribution in [1.29, 1.82) is 0 Å². The first kappa shape index (κ1) is 17.0. The van der Waals surface area contributed by atoms with Gasteiger partial charge in [-0.3, -0.25) is 0 Å². The Morgan fingerprint density at radius 3 is 2.73 bits per heavy atom. The van der Waals surface area contributed by atoms with Crippen LogP contribution < -0.4 is 4.74 Å². The lowest BCUT2D eigenvalue weighted by Gasteiger charge is -2.20. The molecule has 4 rings (SSSR count). The van der Waals surface area contributed by atoms with Crippen LogP contribution in [-0.2, 0) is 6.54 Å². The molecule has 1 unspecified atom stereocenters. The van der Waals surface area contributed by atoms with Crippen molar-refractivity contribution in [2.24, 2.45) is 0 Å². The van der Waals surface area contributed by atoms with Gasteiger partial charge in [-0.15, -0.1) is 0 Å². The summed E-state index contributed by atoms with van der Waals surface area (Å²) in [5.41, 5.74) is 3.50. The molecule has 0 saturated heterocycles. The maximum absolute atomic E-state index is 6.29. The normalized spacial score (nSPS) is 17.4. The Kier molecular flexibility index (Phi) is 4.87. The minimum Gasteiger partial charge on any atom is -0.486 e. The Labute approximate surface area is 158 Å². The van der Waals surface area contributed by atoms with E-state index < -0.39 is 0 Å². The number of fused-ring (bicyclic) bond motifs is 1. The molecule has 1 aliphatic rings. The predicted molar refractivity (Wildman–Crippen MR) is 103 cm³/mol. The minimum absolute atomic E-state index is 0.000779. The second-order valence-corrected chi connectivity index (χ2v) is 7.01. The van der Waals surface area contributed by atoms with Gasteiger partial charge in [0.15, 0.2) is 5.82 Å². The van der Waals surface area contributed by atoms with Gasteiger partial charge in [-0.2, -0.15) is 0 Å². The Morgan fingerprint density at radius 2 is 1.92 bits per heavy atom. The van der Waals surface area contributed by atoms with Crippen molar-refractivity contribution in [3.05, 3.63) is 77.1 Å². The number of nitrogens with zero attached hydrogens (tertiary/aromatic N) is 3. The molecule has 2 aromatic carbocycles. The second kappa shape index (κ2) is 7.44. The third-order valence-electron chi connectivity index (χ3n) is 4.60. The first-order chi connectivity index (χ1) is 12.7. The van der Waals surface area contributed by atoms with Gasteiger partial charge in [0.25, 0.3) is 0 Å². The van der Waals surface area contributed by atoms with Crippen LogP contribution in [0.5, 0.6) is 5.75 Å². The predicted octanol–water partition coefficient (Wildman–Crippen LogP) is 4.75. The summed E-state index contributed by atoms with van der Waals surface area (Å²) in [6.45, 7) is 1.85. The van der Waals surface area contributed by atoms with E-state index in [-0.39, 0.29) is 6.10 Å². The lowest BCUT2D eigenvalue weighted by atomic mass is 9.98. The summed E-state index contributed by atoms with van der Waals surface area (Å²) >= 11 is 6.10. The number of rotatable bonds is 3. The molecule has 0 fully saturated rings. The molecule has 5 heteroatoms. The Hall–Kier alpha value is -2.43. The number of aromatic nitrogens is 2. The molecule has 1 aromatic heterocycles. The SMILES string of the molecule is CN1CCC(Oc2cccc(Cl)c2)c2ccc(-c3ncccn3)cc2C1. The van der Waals surface area contributed by atoms with E-state index in [0.717, 1.165) is 36.6 Å². The Bertz CT molecular complexity index is 901. The van der Waals surface area contributed by atoms with Gasteiger partial charge in [0.2, 0.25) is 0 Å². The number of hydrogen-bond donors (Lipinski definition) is 0. The van der Waals surface area contributed by atoms with Crippen molar-refractivity contribution in [3.8, 4) is 17.1 Å². The van der Waals surface area contributed by atoms with Gasteiger partial charge in [0.05, 0.1) is 0 Å².